The summed E-state index contributed by atoms with van der Waals surface area (Å²) in [6.07, 6.45) is 0. The average molecular weight is 509 g/mol. The van der Waals surface area contributed by atoms with Crippen molar-refractivity contribution in [2.24, 2.45) is 5.41 Å². The molecule has 3 rings (SSSR count). The summed E-state index contributed by atoms with van der Waals surface area (Å²) in [5.41, 5.74) is 9.71. The van der Waals surface area contributed by atoms with Gasteiger partial charge in [0, 0.05) is 4.66 Å². The molecule has 2 amide bonds. The van der Waals surface area contributed by atoms with Gasteiger partial charge in [-0.05, 0) is 77.6 Å². The Morgan fingerprint density at radius 2 is 1.06 bits per heavy atom. The van der Waals surface area contributed by atoms with Crippen molar-refractivity contribution >= 4 is 42.9 Å². The fourth-order valence-electron chi connectivity index (χ4n) is 4.81. The molecule has 2 aromatic carbocycles. The highest BCUT2D eigenvalue weighted by Gasteiger charge is 2.52. The van der Waals surface area contributed by atoms with E-state index in [9.17, 15) is 9.59 Å². The van der Waals surface area contributed by atoms with Crippen LogP contribution in [0, 0.1) is 47.0 Å². The molecule has 0 spiro atoms. The summed E-state index contributed by atoms with van der Waals surface area (Å²) in [6, 6.07) is 8.25. The number of carbonyl (C=O) groups excluding carboxylic acids is 2. The second kappa shape index (κ2) is 9.13. The van der Waals surface area contributed by atoms with Gasteiger partial charge in [-0.15, -0.1) is 0 Å². The maximum atomic E-state index is 14.1. The normalized spacial score (nSPS) is 16.1. The number of hydrogen-bond acceptors (Lipinski definition) is 2. The maximum absolute atomic E-state index is 14.1. The van der Waals surface area contributed by atoms with Crippen LogP contribution in [0.5, 0.6) is 0 Å². The molecular weight excluding hydrogens is 472 g/mol. The number of aryl methyl sites for hydroxylation is 6. The van der Waals surface area contributed by atoms with E-state index in [0.717, 1.165) is 44.8 Å². The van der Waals surface area contributed by atoms with Crippen molar-refractivity contribution in [1.82, 2.24) is 0 Å². The van der Waals surface area contributed by atoms with Gasteiger partial charge in [0.05, 0.1) is 11.4 Å². The largest absolute Gasteiger partial charge is 0.273 e. The van der Waals surface area contributed by atoms with Crippen LogP contribution in [0.15, 0.2) is 40.5 Å². The molecule has 1 fully saturated rings. The van der Waals surface area contributed by atoms with E-state index < -0.39 is 13.5 Å². The molecule has 0 atom stereocenters. The zero-order chi connectivity index (χ0) is 26.6. The van der Waals surface area contributed by atoms with Gasteiger partial charge in [-0.1, -0.05) is 72.4 Å². The van der Waals surface area contributed by atoms with E-state index in [4.69, 9.17) is 11.6 Å². The molecule has 0 saturated carbocycles. The predicted molar refractivity (Wildman–Crippen MR) is 150 cm³/mol. The fourth-order valence-corrected chi connectivity index (χ4v) is 5.38. The van der Waals surface area contributed by atoms with Crippen molar-refractivity contribution in [3.8, 4) is 0 Å². The minimum atomic E-state index is -1.98. The van der Waals surface area contributed by atoms with Crippen molar-refractivity contribution in [2.45, 2.75) is 75.0 Å². The van der Waals surface area contributed by atoms with Gasteiger partial charge in [-0.3, -0.25) is 19.4 Å². The lowest BCUT2D eigenvalue weighted by Crippen LogP contribution is -2.60. The summed E-state index contributed by atoms with van der Waals surface area (Å²) >= 11 is 6.84. The second-order valence-electron chi connectivity index (χ2n) is 11.4. The Bertz CT molecular complexity index is 1180. The van der Waals surface area contributed by atoms with Gasteiger partial charge >= 0.3 is 0 Å². The van der Waals surface area contributed by atoms with Crippen molar-refractivity contribution in [3.05, 3.63) is 73.9 Å². The van der Waals surface area contributed by atoms with E-state index in [2.05, 4.69) is 49.6 Å². The first kappa shape index (κ1) is 27.0. The van der Waals surface area contributed by atoms with Gasteiger partial charge in [0.15, 0.2) is 5.82 Å². The molecule has 1 aliphatic rings. The van der Waals surface area contributed by atoms with E-state index in [1.54, 1.807) is 23.6 Å². The summed E-state index contributed by atoms with van der Waals surface area (Å²) in [5, 5.41) is 0. The molecule has 0 N–H and O–H groups in total. The van der Waals surface area contributed by atoms with Gasteiger partial charge in [0.2, 0.25) is 11.8 Å². The topological polar surface area (TPSA) is 40.6 Å². The van der Waals surface area contributed by atoms with Gasteiger partial charge in [-0.2, -0.15) is 0 Å². The zero-order valence-corrected chi connectivity index (χ0v) is 24.7. The Morgan fingerprint density at radius 1 is 0.743 bits per heavy atom. The van der Waals surface area contributed by atoms with Crippen LogP contribution in [0.1, 0.15) is 47.2 Å². The molecule has 186 valence electrons. The smallest absolute Gasteiger partial charge is 0.248 e. The Morgan fingerprint density at radius 3 is 1.34 bits per heavy atom. The molecule has 1 saturated heterocycles. The number of nitrogens with zero attached hydrogens (tertiary/aromatic N) is 2. The van der Waals surface area contributed by atoms with Crippen molar-refractivity contribution < 1.29 is 9.59 Å². The zero-order valence-electron chi connectivity index (χ0n) is 22.9. The average Bonchev–Trinajstić information content (AvgIpc) is 2.69. The highest BCUT2D eigenvalue weighted by molar-refractivity contribution is 6.91. The predicted octanol–water partition coefficient (Wildman–Crippen LogP) is 7.38. The minimum Gasteiger partial charge on any atom is -0.273 e. The lowest BCUT2D eigenvalue weighted by Gasteiger charge is -2.45. The summed E-state index contributed by atoms with van der Waals surface area (Å²) in [6.45, 7) is 21.9. The highest BCUT2D eigenvalue weighted by Crippen LogP contribution is 2.43. The third kappa shape index (κ3) is 4.78. The molecule has 1 aliphatic heterocycles. The number of hydrogen-bond donors (Lipinski definition) is 0. The number of halogens is 1. The van der Waals surface area contributed by atoms with Crippen molar-refractivity contribution in [1.29, 1.82) is 0 Å². The van der Waals surface area contributed by atoms with E-state index in [-0.39, 0.29) is 11.8 Å². The Kier molecular flexibility index (Phi) is 7.04. The van der Waals surface area contributed by atoms with Crippen LogP contribution in [0.3, 0.4) is 0 Å². The Hall–Kier alpha value is -2.59. The SMILES string of the molecule is Cc1cc(C)c(N2C(=O)C(C)(C)C(=O)N(c3c(C)cc(C)cc3C)C2=C=C(Cl)[Si](C)(C)C)c(C)c1. The molecule has 0 radical (unpaired) electrons. The van der Waals surface area contributed by atoms with Crippen molar-refractivity contribution in [3.63, 3.8) is 0 Å². The number of carbonyl (C=O) groups is 2. The molecule has 0 unspecified atom stereocenters. The van der Waals surface area contributed by atoms with Crippen LogP contribution in [0.2, 0.25) is 19.6 Å². The third-order valence-electron chi connectivity index (χ3n) is 6.50. The minimum absolute atomic E-state index is 0.279. The Labute approximate surface area is 216 Å². The summed E-state index contributed by atoms with van der Waals surface area (Å²) < 4.78 is 0.577. The molecule has 1 heterocycles. The highest BCUT2D eigenvalue weighted by atomic mass is 35.5. The molecule has 0 bridgehead atoms. The van der Waals surface area contributed by atoms with E-state index in [1.807, 2.05) is 41.5 Å². The van der Waals surface area contributed by atoms with Gasteiger partial charge < -0.3 is 0 Å². The number of benzene rings is 2. The lowest BCUT2D eigenvalue weighted by atomic mass is 9.85. The molecule has 4 nitrogen and oxygen atoms in total. The standard InChI is InChI=1S/C29H37ClN2O2Si/c1-17-12-19(3)25(20(4)13-17)31-24(16-23(30)35(9,10)11)32(28(34)29(7,8)27(31)33)26-21(5)14-18(2)15-22(26)6/h12-15H,1-11H3. The fraction of sp³-hybridized carbons (Fsp3) is 0.414. The van der Waals surface area contributed by atoms with Crippen LogP contribution in [0.25, 0.3) is 0 Å². The summed E-state index contributed by atoms with van der Waals surface area (Å²) in [4.78, 5) is 31.5. The maximum Gasteiger partial charge on any atom is 0.248 e. The van der Waals surface area contributed by atoms with Crippen LogP contribution in [-0.4, -0.2) is 19.9 Å². The monoisotopic (exact) mass is 508 g/mol. The van der Waals surface area contributed by atoms with Gasteiger partial charge in [-0.25, -0.2) is 0 Å². The third-order valence-corrected chi connectivity index (χ3v) is 9.73. The summed E-state index contributed by atoms with van der Waals surface area (Å²) in [7, 11) is -1.98. The van der Waals surface area contributed by atoms with E-state index in [1.165, 1.54) is 0 Å². The first-order valence-corrected chi connectivity index (χ1v) is 15.9. The van der Waals surface area contributed by atoms with E-state index in [0.29, 0.717) is 10.5 Å². The number of amides is 2. The van der Waals surface area contributed by atoms with E-state index >= 15 is 0 Å². The molecule has 35 heavy (non-hydrogen) atoms. The number of rotatable bonds is 3. The van der Waals surface area contributed by atoms with Crippen LogP contribution in [-0.2, 0) is 9.59 Å². The molecule has 6 heteroatoms. The second-order valence-corrected chi connectivity index (χ2v) is 17.1. The van der Waals surface area contributed by atoms with Crippen molar-refractivity contribution in [2.75, 3.05) is 9.80 Å². The van der Waals surface area contributed by atoms with Crippen LogP contribution in [0.4, 0.5) is 11.4 Å². The summed E-state index contributed by atoms with van der Waals surface area (Å²) in [5.74, 6) is -0.186. The molecular formula is C29H37ClN2O2Si. The first-order chi connectivity index (χ1) is 16.0. The van der Waals surface area contributed by atoms with Gasteiger partial charge in [0.25, 0.3) is 0 Å². The Balaban J connectivity index is 2.54. The molecule has 0 aliphatic carbocycles. The quantitative estimate of drug-likeness (QED) is 0.246. The lowest BCUT2D eigenvalue weighted by molar-refractivity contribution is -0.139. The molecule has 2 aromatic rings. The van der Waals surface area contributed by atoms with Crippen LogP contribution < -0.4 is 9.80 Å². The number of anilines is 2. The van der Waals surface area contributed by atoms with Gasteiger partial charge in [0.1, 0.15) is 13.5 Å². The molecule has 0 aromatic heterocycles. The van der Waals surface area contributed by atoms with Crippen LogP contribution >= 0.6 is 11.6 Å². The first-order valence-electron chi connectivity index (χ1n) is 12.0.